The Balaban J connectivity index is 1.84. The Labute approximate surface area is 89.7 Å². The third-order valence-corrected chi connectivity index (χ3v) is 3.04. The first kappa shape index (κ1) is 9.78. The third-order valence-electron chi connectivity index (χ3n) is 2.53. The fraction of sp³-hybridized carbons (Fsp3) is 0.545. The summed E-state index contributed by atoms with van der Waals surface area (Å²) < 4.78 is 0. The van der Waals surface area contributed by atoms with Crippen LogP contribution in [0.25, 0.3) is 0 Å². The predicted molar refractivity (Wildman–Crippen MR) is 59.8 cm³/mol. The van der Waals surface area contributed by atoms with E-state index in [9.17, 15) is 0 Å². The average molecular weight is 211 g/mol. The van der Waals surface area contributed by atoms with Crippen molar-refractivity contribution < 1.29 is 0 Å². The molecule has 1 aromatic heterocycles. The normalized spacial score (nSPS) is 17.9. The van der Waals surface area contributed by atoms with E-state index in [1.807, 2.05) is 25.3 Å². The molecule has 1 aliphatic carbocycles. The van der Waals surface area contributed by atoms with Crippen molar-refractivity contribution in [3.05, 3.63) is 24.0 Å². The minimum atomic E-state index is 0.281. The molecule has 1 saturated carbocycles. The quantitative estimate of drug-likeness (QED) is 0.774. The van der Waals surface area contributed by atoms with Crippen molar-refractivity contribution in [3.63, 3.8) is 0 Å². The largest absolute Gasteiger partial charge is 0.383 e. The van der Waals surface area contributed by atoms with E-state index in [0.29, 0.717) is 0 Å². The molecular formula is C11H15ClN2. The van der Waals surface area contributed by atoms with Crippen molar-refractivity contribution >= 4 is 17.3 Å². The van der Waals surface area contributed by atoms with Gasteiger partial charge in [0.15, 0.2) is 0 Å². The maximum absolute atomic E-state index is 6.19. The van der Waals surface area contributed by atoms with Gasteiger partial charge in [-0.2, -0.15) is 0 Å². The number of hydrogen-bond acceptors (Lipinski definition) is 2. The molecule has 0 aromatic carbocycles. The van der Waals surface area contributed by atoms with Crippen LogP contribution in [0.4, 0.5) is 5.69 Å². The molecule has 1 N–H and O–H groups in total. The molecule has 0 aliphatic heterocycles. The van der Waals surface area contributed by atoms with E-state index in [4.69, 9.17) is 11.6 Å². The minimum Gasteiger partial charge on any atom is -0.383 e. The number of nitrogens with one attached hydrogen (secondary N) is 1. The lowest BCUT2D eigenvalue weighted by Crippen LogP contribution is -2.15. The molecule has 0 bridgehead atoms. The lowest BCUT2D eigenvalue weighted by atomic mass is 10.2. The molecule has 1 unspecified atom stereocenters. The topological polar surface area (TPSA) is 24.9 Å². The van der Waals surface area contributed by atoms with Crippen LogP contribution in [0.2, 0.25) is 0 Å². The molecule has 1 fully saturated rings. The zero-order valence-corrected chi connectivity index (χ0v) is 9.09. The molecule has 1 aliphatic rings. The van der Waals surface area contributed by atoms with E-state index in [-0.39, 0.29) is 5.38 Å². The number of aromatic nitrogens is 1. The van der Waals surface area contributed by atoms with E-state index < -0.39 is 0 Å². The van der Waals surface area contributed by atoms with Crippen molar-refractivity contribution in [3.8, 4) is 0 Å². The van der Waals surface area contributed by atoms with Gasteiger partial charge in [0.1, 0.15) is 0 Å². The van der Waals surface area contributed by atoms with Gasteiger partial charge >= 0.3 is 0 Å². The summed E-state index contributed by atoms with van der Waals surface area (Å²) in [4.78, 5) is 4.14. The van der Waals surface area contributed by atoms with E-state index >= 15 is 0 Å². The number of rotatable bonds is 4. The van der Waals surface area contributed by atoms with Crippen LogP contribution in [0.3, 0.4) is 0 Å². The molecule has 1 aromatic rings. The molecule has 0 radical (unpaired) electrons. The second-order valence-corrected chi connectivity index (χ2v) is 4.48. The number of anilines is 1. The van der Waals surface area contributed by atoms with E-state index in [1.54, 1.807) is 0 Å². The van der Waals surface area contributed by atoms with Crippen LogP contribution in [0.15, 0.2) is 18.3 Å². The molecule has 76 valence electrons. The van der Waals surface area contributed by atoms with Crippen LogP contribution < -0.4 is 5.32 Å². The summed E-state index contributed by atoms with van der Waals surface area (Å²) in [5.74, 6) is 0.743. The van der Waals surface area contributed by atoms with Gasteiger partial charge in [-0.05, 0) is 37.8 Å². The average Bonchev–Trinajstić information content (AvgIpc) is 2.97. The Bertz CT molecular complexity index is 310. The van der Waals surface area contributed by atoms with Crippen molar-refractivity contribution in [2.75, 3.05) is 11.9 Å². The number of hydrogen-bond donors (Lipinski definition) is 1. The molecule has 0 amide bonds. The summed E-state index contributed by atoms with van der Waals surface area (Å²) in [5.41, 5.74) is 2.15. The van der Waals surface area contributed by atoms with Crippen LogP contribution in [0, 0.1) is 12.8 Å². The Kier molecular flexibility index (Phi) is 2.92. The predicted octanol–water partition coefficient (Wildman–Crippen LogP) is 2.82. The number of alkyl halides is 1. The molecule has 1 atom stereocenters. The van der Waals surface area contributed by atoms with Crippen molar-refractivity contribution in [1.29, 1.82) is 0 Å². The monoisotopic (exact) mass is 210 g/mol. The minimum absolute atomic E-state index is 0.281. The van der Waals surface area contributed by atoms with Gasteiger partial charge in [-0.25, -0.2) is 0 Å². The van der Waals surface area contributed by atoms with Gasteiger partial charge in [-0.15, -0.1) is 11.6 Å². The molecule has 0 saturated heterocycles. The molecular weight excluding hydrogens is 196 g/mol. The van der Waals surface area contributed by atoms with Crippen molar-refractivity contribution in [2.24, 2.45) is 5.92 Å². The van der Waals surface area contributed by atoms with Crippen molar-refractivity contribution in [1.82, 2.24) is 4.98 Å². The first-order chi connectivity index (χ1) is 6.75. The summed E-state index contributed by atoms with van der Waals surface area (Å²) >= 11 is 6.19. The van der Waals surface area contributed by atoms with Crippen LogP contribution in [0.5, 0.6) is 0 Å². The summed E-state index contributed by atoms with van der Waals surface area (Å²) in [6.45, 7) is 2.85. The summed E-state index contributed by atoms with van der Waals surface area (Å²) in [6, 6.07) is 4.01. The van der Waals surface area contributed by atoms with Crippen LogP contribution in [0.1, 0.15) is 18.5 Å². The number of aryl methyl sites for hydroxylation is 1. The maximum atomic E-state index is 6.19. The Morgan fingerprint density at radius 2 is 2.43 bits per heavy atom. The summed E-state index contributed by atoms with van der Waals surface area (Å²) in [7, 11) is 0. The second-order valence-electron chi connectivity index (χ2n) is 3.92. The first-order valence-electron chi connectivity index (χ1n) is 5.06. The zero-order valence-electron chi connectivity index (χ0n) is 8.33. The molecule has 2 nitrogen and oxygen atoms in total. The van der Waals surface area contributed by atoms with E-state index in [2.05, 4.69) is 10.3 Å². The van der Waals surface area contributed by atoms with Gasteiger partial charge in [0.05, 0.1) is 5.38 Å². The van der Waals surface area contributed by atoms with Crippen LogP contribution in [-0.2, 0) is 0 Å². The number of nitrogens with zero attached hydrogens (tertiary/aromatic N) is 1. The molecule has 1 heterocycles. The highest BCUT2D eigenvalue weighted by Gasteiger charge is 2.29. The maximum Gasteiger partial charge on any atom is 0.0536 e. The fourth-order valence-corrected chi connectivity index (χ4v) is 1.82. The first-order valence-corrected chi connectivity index (χ1v) is 5.50. The fourth-order valence-electron chi connectivity index (χ4n) is 1.50. The Morgan fingerprint density at radius 1 is 1.64 bits per heavy atom. The highest BCUT2D eigenvalue weighted by molar-refractivity contribution is 6.21. The lowest BCUT2D eigenvalue weighted by molar-refractivity contribution is 0.770. The molecule has 0 spiro atoms. The van der Waals surface area contributed by atoms with Crippen LogP contribution in [-0.4, -0.2) is 16.9 Å². The SMILES string of the molecule is Cc1cc(NCC(Cl)C2CC2)ccn1. The van der Waals surface area contributed by atoms with Gasteiger partial charge in [0.25, 0.3) is 0 Å². The summed E-state index contributed by atoms with van der Waals surface area (Å²) in [5, 5.41) is 3.62. The second kappa shape index (κ2) is 4.18. The van der Waals surface area contributed by atoms with Gasteiger partial charge < -0.3 is 5.32 Å². The number of halogens is 1. The third kappa shape index (κ3) is 2.61. The van der Waals surface area contributed by atoms with E-state index in [1.165, 1.54) is 12.8 Å². The van der Waals surface area contributed by atoms with Gasteiger partial charge in [0, 0.05) is 24.1 Å². The molecule has 2 rings (SSSR count). The standard InChI is InChI=1S/C11H15ClN2/c1-8-6-10(4-5-13-8)14-7-11(12)9-2-3-9/h4-6,9,11H,2-3,7H2,1H3,(H,13,14). The van der Waals surface area contributed by atoms with Crippen LogP contribution >= 0.6 is 11.6 Å². The number of pyridine rings is 1. The van der Waals surface area contributed by atoms with Gasteiger partial charge in [0.2, 0.25) is 0 Å². The van der Waals surface area contributed by atoms with E-state index in [0.717, 1.165) is 23.8 Å². The smallest absolute Gasteiger partial charge is 0.0536 e. The van der Waals surface area contributed by atoms with Crippen molar-refractivity contribution in [2.45, 2.75) is 25.1 Å². The Morgan fingerprint density at radius 3 is 3.07 bits per heavy atom. The molecule has 14 heavy (non-hydrogen) atoms. The summed E-state index contributed by atoms with van der Waals surface area (Å²) in [6.07, 6.45) is 4.41. The van der Waals surface area contributed by atoms with Gasteiger partial charge in [-0.1, -0.05) is 0 Å². The Hall–Kier alpha value is -0.760. The molecule has 3 heteroatoms. The zero-order chi connectivity index (χ0) is 9.97. The highest BCUT2D eigenvalue weighted by Crippen LogP contribution is 2.35. The van der Waals surface area contributed by atoms with Gasteiger partial charge in [-0.3, -0.25) is 4.98 Å². The highest BCUT2D eigenvalue weighted by atomic mass is 35.5. The lowest BCUT2D eigenvalue weighted by Gasteiger charge is -2.10.